The van der Waals surface area contributed by atoms with Crippen LogP contribution in [0.5, 0.6) is 11.5 Å². The maximum absolute atomic E-state index is 12.3. The molecule has 4 rings (SSSR count). The highest BCUT2D eigenvalue weighted by Gasteiger charge is 2.16. The van der Waals surface area contributed by atoms with Crippen LogP contribution in [-0.2, 0) is 9.84 Å². The van der Waals surface area contributed by atoms with Crippen LogP contribution in [0, 0.1) is 27.7 Å². The van der Waals surface area contributed by atoms with Gasteiger partial charge in [-0.2, -0.15) is 0 Å². The summed E-state index contributed by atoms with van der Waals surface area (Å²) in [5, 5.41) is 0. The summed E-state index contributed by atoms with van der Waals surface area (Å²) in [6.45, 7) is 8.00. The van der Waals surface area contributed by atoms with Crippen molar-refractivity contribution >= 4 is 9.84 Å². The molecule has 0 unspecified atom stereocenters. The van der Waals surface area contributed by atoms with Gasteiger partial charge >= 0.3 is 0 Å². The Kier molecular flexibility index (Phi) is 7.49. The highest BCUT2D eigenvalue weighted by Crippen LogP contribution is 2.22. The molecule has 0 heterocycles. The Morgan fingerprint density at radius 2 is 0.688 bits per heavy atom. The van der Waals surface area contributed by atoms with E-state index in [2.05, 4.69) is 13.8 Å². The third kappa shape index (κ3) is 6.32. The summed E-state index contributed by atoms with van der Waals surface area (Å²) in [4.78, 5) is 0.680. The second-order valence-electron chi connectivity index (χ2n) is 7.86. The summed E-state index contributed by atoms with van der Waals surface area (Å²) in [6.07, 6.45) is 0. The maximum Gasteiger partial charge on any atom is 0.206 e. The van der Waals surface area contributed by atoms with E-state index in [0.717, 1.165) is 22.6 Å². The van der Waals surface area contributed by atoms with Gasteiger partial charge in [0.1, 0.15) is 11.5 Å². The van der Waals surface area contributed by atoms with Gasteiger partial charge in [0, 0.05) is 0 Å². The predicted octanol–water partition coefficient (Wildman–Crippen LogP) is 7.23. The molecule has 0 saturated carbocycles. The SMILES string of the molecule is Cc1ccc(Oc2ccc(C)cc2)cc1.Cc1ccc(S(=O)(=O)c2ccc(C)cc2)cc1. The molecule has 0 amide bonds. The number of benzene rings is 4. The zero-order valence-corrected chi connectivity index (χ0v) is 19.7. The van der Waals surface area contributed by atoms with Gasteiger partial charge < -0.3 is 4.74 Å². The Morgan fingerprint density at radius 1 is 0.438 bits per heavy atom. The number of sulfone groups is 1. The van der Waals surface area contributed by atoms with Crippen LogP contribution in [0.2, 0.25) is 0 Å². The van der Waals surface area contributed by atoms with Gasteiger partial charge in [-0.05, 0) is 76.2 Å². The van der Waals surface area contributed by atoms with Gasteiger partial charge in [0.05, 0.1) is 9.79 Å². The van der Waals surface area contributed by atoms with Gasteiger partial charge in [0.25, 0.3) is 0 Å². The summed E-state index contributed by atoms with van der Waals surface area (Å²) < 4.78 is 30.2. The topological polar surface area (TPSA) is 43.4 Å². The third-order valence-corrected chi connectivity index (χ3v) is 6.73. The van der Waals surface area contributed by atoms with E-state index >= 15 is 0 Å². The first kappa shape index (κ1) is 23.3. The van der Waals surface area contributed by atoms with Crippen molar-refractivity contribution in [1.82, 2.24) is 0 Å². The van der Waals surface area contributed by atoms with Crippen molar-refractivity contribution in [2.45, 2.75) is 37.5 Å². The number of hydrogen-bond acceptors (Lipinski definition) is 3. The lowest BCUT2D eigenvalue weighted by Gasteiger charge is -2.05. The highest BCUT2D eigenvalue weighted by atomic mass is 32.2. The Labute approximate surface area is 191 Å². The predicted molar refractivity (Wildman–Crippen MR) is 130 cm³/mol. The monoisotopic (exact) mass is 444 g/mol. The summed E-state index contributed by atoms with van der Waals surface area (Å²) in [6, 6.07) is 29.9. The number of ether oxygens (including phenoxy) is 1. The summed E-state index contributed by atoms with van der Waals surface area (Å²) >= 11 is 0. The normalized spacial score (nSPS) is 10.8. The zero-order valence-electron chi connectivity index (χ0n) is 18.9. The summed E-state index contributed by atoms with van der Waals surface area (Å²) in [5.41, 5.74) is 4.58. The van der Waals surface area contributed by atoms with E-state index in [1.54, 1.807) is 48.5 Å². The van der Waals surface area contributed by atoms with E-state index in [9.17, 15) is 8.42 Å². The van der Waals surface area contributed by atoms with Crippen molar-refractivity contribution < 1.29 is 13.2 Å². The molecule has 4 aromatic rings. The molecule has 0 spiro atoms. The molecule has 32 heavy (non-hydrogen) atoms. The first-order valence-corrected chi connectivity index (χ1v) is 11.9. The lowest BCUT2D eigenvalue weighted by Crippen LogP contribution is -2.01. The van der Waals surface area contributed by atoms with E-state index < -0.39 is 9.84 Å². The van der Waals surface area contributed by atoms with E-state index in [-0.39, 0.29) is 0 Å². The number of rotatable bonds is 4. The van der Waals surface area contributed by atoms with Crippen molar-refractivity contribution in [3.8, 4) is 11.5 Å². The molecule has 0 aliphatic heterocycles. The second kappa shape index (κ2) is 10.3. The summed E-state index contributed by atoms with van der Waals surface area (Å²) in [5.74, 6) is 1.76. The zero-order chi connectivity index (χ0) is 23.1. The number of hydrogen-bond donors (Lipinski definition) is 0. The highest BCUT2D eigenvalue weighted by molar-refractivity contribution is 7.91. The molecule has 4 aromatic carbocycles. The van der Waals surface area contributed by atoms with Gasteiger partial charge in [-0.15, -0.1) is 0 Å². The van der Waals surface area contributed by atoms with Gasteiger partial charge in [0.2, 0.25) is 9.84 Å². The van der Waals surface area contributed by atoms with E-state index in [1.165, 1.54) is 11.1 Å². The largest absolute Gasteiger partial charge is 0.457 e. The Morgan fingerprint density at radius 3 is 0.969 bits per heavy atom. The Balaban J connectivity index is 0.000000182. The fourth-order valence-corrected chi connectivity index (χ4v) is 4.18. The smallest absolute Gasteiger partial charge is 0.206 e. The molecule has 0 atom stereocenters. The molecule has 0 radical (unpaired) electrons. The Bertz CT molecular complexity index is 1140. The van der Waals surface area contributed by atoms with Crippen LogP contribution in [0.1, 0.15) is 22.3 Å². The van der Waals surface area contributed by atoms with E-state index in [4.69, 9.17) is 4.74 Å². The van der Waals surface area contributed by atoms with Crippen LogP contribution in [0.25, 0.3) is 0 Å². The Hall–Kier alpha value is -3.37. The molecule has 3 nitrogen and oxygen atoms in total. The molecular weight excluding hydrogens is 416 g/mol. The molecule has 4 heteroatoms. The molecule has 0 saturated heterocycles. The lowest BCUT2D eigenvalue weighted by atomic mass is 10.2. The molecule has 0 aromatic heterocycles. The lowest BCUT2D eigenvalue weighted by molar-refractivity contribution is 0.482. The first-order chi connectivity index (χ1) is 15.2. The van der Waals surface area contributed by atoms with Gasteiger partial charge in [-0.3, -0.25) is 0 Å². The molecule has 0 aliphatic carbocycles. The van der Waals surface area contributed by atoms with Crippen LogP contribution in [0.15, 0.2) is 107 Å². The van der Waals surface area contributed by atoms with Crippen molar-refractivity contribution in [1.29, 1.82) is 0 Å². The van der Waals surface area contributed by atoms with Gasteiger partial charge in [-0.1, -0.05) is 70.8 Å². The van der Waals surface area contributed by atoms with Crippen LogP contribution in [-0.4, -0.2) is 8.42 Å². The van der Waals surface area contributed by atoms with Crippen LogP contribution >= 0.6 is 0 Å². The molecule has 0 bridgehead atoms. The van der Waals surface area contributed by atoms with Crippen LogP contribution in [0.4, 0.5) is 0 Å². The quantitative estimate of drug-likeness (QED) is 0.333. The molecule has 0 aliphatic rings. The first-order valence-electron chi connectivity index (χ1n) is 10.4. The minimum Gasteiger partial charge on any atom is -0.457 e. The molecule has 0 fully saturated rings. The van der Waals surface area contributed by atoms with Crippen molar-refractivity contribution in [2.24, 2.45) is 0 Å². The minimum absolute atomic E-state index is 0.340. The van der Waals surface area contributed by atoms with Crippen molar-refractivity contribution in [3.63, 3.8) is 0 Å². The molecular formula is C28H28O3S. The van der Waals surface area contributed by atoms with E-state index in [0.29, 0.717) is 9.79 Å². The average Bonchev–Trinajstić information content (AvgIpc) is 2.78. The van der Waals surface area contributed by atoms with E-state index in [1.807, 2.05) is 62.4 Å². The number of aryl methyl sites for hydroxylation is 4. The fourth-order valence-electron chi connectivity index (χ4n) is 2.92. The fraction of sp³-hybridized carbons (Fsp3) is 0.143. The standard InChI is InChI=1S/C14H14O2S.C14H14O/c1-11-3-7-13(8-4-11)17(15,16)14-9-5-12(2)6-10-14;1-11-3-7-13(8-4-11)15-14-9-5-12(2)6-10-14/h3-10H,1-2H3;3-10H,1-2H3. The third-order valence-electron chi connectivity index (χ3n) is 4.94. The summed E-state index contributed by atoms with van der Waals surface area (Å²) in [7, 11) is -3.37. The minimum atomic E-state index is -3.37. The average molecular weight is 445 g/mol. The molecule has 0 N–H and O–H groups in total. The van der Waals surface area contributed by atoms with Crippen LogP contribution < -0.4 is 4.74 Å². The molecule has 164 valence electrons. The van der Waals surface area contributed by atoms with Crippen LogP contribution in [0.3, 0.4) is 0 Å². The van der Waals surface area contributed by atoms with Crippen molar-refractivity contribution in [3.05, 3.63) is 119 Å². The van der Waals surface area contributed by atoms with Crippen molar-refractivity contribution in [2.75, 3.05) is 0 Å². The maximum atomic E-state index is 12.3. The van der Waals surface area contributed by atoms with Gasteiger partial charge in [-0.25, -0.2) is 8.42 Å². The van der Waals surface area contributed by atoms with Gasteiger partial charge in [0.15, 0.2) is 0 Å². The second-order valence-corrected chi connectivity index (χ2v) is 9.81.